The summed E-state index contributed by atoms with van der Waals surface area (Å²) in [6, 6.07) is 5.95. The number of H-pyrrole nitrogens is 1. The summed E-state index contributed by atoms with van der Waals surface area (Å²) in [5.74, 6) is 3.42. The molecule has 0 unspecified atom stereocenters. The Hall–Kier alpha value is -2.97. The summed E-state index contributed by atoms with van der Waals surface area (Å²) in [7, 11) is 1.84. The Kier molecular flexibility index (Phi) is 5.27. The van der Waals surface area contributed by atoms with Crippen molar-refractivity contribution in [3.63, 3.8) is 0 Å². The number of aliphatic imine (C=N–C) groups is 1. The summed E-state index contributed by atoms with van der Waals surface area (Å²) in [5, 5.41) is 18.9. The number of guanidine groups is 1. The highest BCUT2D eigenvalue weighted by molar-refractivity contribution is 5.79. The van der Waals surface area contributed by atoms with Crippen LogP contribution >= 0.6 is 0 Å². The summed E-state index contributed by atoms with van der Waals surface area (Å²) in [6.45, 7) is 2.80. The van der Waals surface area contributed by atoms with E-state index in [1.807, 2.05) is 35.8 Å². The second kappa shape index (κ2) is 8.15. The van der Waals surface area contributed by atoms with Crippen LogP contribution in [-0.4, -0.2) is 67.3 Å². The molecular weight excluding hydrogens is 342 g/mol. The lowest BCUT2D eigenvalue weighted by molar-refractivity contribution is 0.299. The fourth-order valence-electron chi connectivity index (χ4n) is 3.62. The molecule has 0 atom stereocenters. The van der Waals surface area contributed by atoms with E-state index in [9.17, 15) is 0 Å². The summed E-state index contributed by atoms with van der Waals surface area (Å²) >= 11 is 0. The largest absolute Gasteiger partial charge is 0.356 e. The van der Waals surface area contributed by atoms with Crippen LogP contribution in [0.2, 0.25) is 0 Å². The topological polar surface area (TPSA) is 99.4 Å². The van der Waals surface area contributed by atoms with Gasteiger partial charge in [-0.2, -0.15) is 5.10 Å². The molecule has 0 radical (unpaired) electrons. The number of pyridine rings is 1. The highest BCUT2D eigenvalue weighted by Gasteiger charge is 2.24. The van der Waals surface area contributed by atoms with Crippen LogP contribution in [0.5, 0.6) is 0 Å². The van der Waals surface area contributed by atoms with Gasteiger partial charge in [0, 0.05) is 45.2 Å². The van der Waals surface area contributed by atoms with Crippen LogP contribution in [0, 0.1) is 0 Å². The molecule has 0 saturated carbocycles. The van der Waals surface area contributed by atoms with Crippen LogP contribution in [0.25, 0.3) is 5.65 Å². The SMILES string of the molecule is CN=C(NCCCc1nnc2ccccn12)N1CCC(c2ncn[nH]2)CC1. The molecule has 0 spiro atoms. The van der Waals surface area contributed by atoms with Crippen LogP contribution < -0.4 is 5.32 Å². The van der Waals surface area contributed by atoms with E-state index in [2.05, 4.69) is 40.6 Å². The van der Waals surface area contributed by atoms with Gasteiger partial charge in [0.2, 0.25) is 0 Å². The molecule has 9 heteroatoms. The normalized spacial score (nSPS) is 16.2. The van der Waals surface area contributed by atoms with Crippen molar-refractivity contribution < 1.29 is 0 Å². The number of rotatable bonds is 5. The summed E-state index contributed by atoms with van der Waals surface area (Å²) in [4.78, 5) is 11.1. The first-order valence-electron chi connectivity index (χ1n) is 9.44. The minimum Gasteiger partial charge on any atom is -0.356 e. The van der Waals surface area contributed by atoms with Gasteiger partial charge in [-0.1, -0.05) is 6.07 Å². The number of hydrogen-bond acceptors (Lipinski definition) is 5. The zero-order valence-electron chi connectivity index (χ0n) is 15.5. The number of aromatic amines is 1. The third kappa shape index (κ3) is 3.91. The Morgan fingerprint density at radius 2 is 2.19 bits per heavy atom. The van der Waals surface area contributed by atoms with Crippen molar-refractivity contribution in [1.29, 1.82) is 0 Å². The Labute approximate surface area is 157 Å². The van der Waals surface area contributed by atoms with Gasteiger partial charge < -0.3 is 10.2 Å². The van der Waals surface area contributed by atoms with Gasteiger partial charge >= 0.3 is 0 Å². The second-order valence-electron chi connectivity index (χ2n) is 6.75. The third-order valence-corrected chi connectivity index (χ3v) is 5.07. The van der Waals surface area contributed by atoms with Gasteiger partial charge in [-0.3, -0.25) is 14.5 Å². The van der Waals surface area contributed by atoms with E-state index >= 15 is 0 Å². The van der Waals surface area contributed by atoms with Crippen molar-refractivity contribution in [2.75, 3.05) is 26.7 Å². The summed E-state index contributed by atoms with van der Waals surface area (Å²) in [5.41, 5.74) is 0.894. The van der Waals surface area contributed by atoms with Gasteiger partial charge in [0.1, 0.15) is 18.0 Å². The standard InChI is InChI=1S/C18H25N9/c1-19-18(26-11-7-14(8-12-26)17-21-13-22-25-17)20-9-4-6-16-24-23-15-5-2-3-10-27(15)16/h2-3,5,10,13-14H,4,6-9,11-12H2,1H3,(H,19,20)(H,21,22,25). The average Bonchev–Trinajstić information content (AvgIpc) is 3.39. The number of aromatic nitrogens is 6. The van der Waals surface area contributed by atoms with Gasteiger partial charge in [0.05, 0.1) is 0 Å². The van der Waals surface area contributed by atoms with Gasteiger partial charge in [-0.05, 0) is 31.4 Å². The number of likely N-dealkylation sites (tertiary alicyclic amines) is 1. The lowest BCUT2D eigenvalue weighted by Crippen LogP contribution is -2.45. The van der Waals surface area contributed by atoms with Crippen molar-refractivity contribution in [3.05, 3.63) is 42.4 Å². The van der Waals surface area contributed by atoms with Crippen LogP contribution in [0.3, 0.4) is 0 Å². The molecule has 0 aliphatic carbocycles. The average molecular weight is 367 g/mol. The maximum absolute atomic E-state index is 4.45. The Bertz CT molecular complexity index is 875. The number of fused-ring (bicyclic) bond motifs is 1. The van der Waals surface area contributed by atoms with E-state index in [1.54, 1.807) is 6.33 Å². The molecule has 0 amide bonds. The highest BCUT2D eigenvalue weighted by atomic mass is 15.3. The molecule has 4 heterocycles. The zero-order valence-corrected chi connectivity index (χ0v) is 15.5. The summed E-state index contributed by atoms with van der Waals surface area (Å²) in [6.07, 6.45) is 7.56. The lowest BCUT2D eigenvalue weighted by atomic mass is 9.96. The Balaban J connectivity index is 1.24. The molecule has 1 saturated heterocycles. The second-order valence-corrected chi connectivity index (χ2v) is 6.75. The van der Waals surface area contributed by atoms with E-state index in [4.69, 9.17) is 0 Å². The van der Waals surface area contributed by atoms with Gasteiger partial charge in [-0.25, -0.2) is 4.98 Å². The van der Waals surface area contributed by atoms with Crippen LogP contribution in [-0.2, 0) is 6.42 Å². The molecule has 4 rings (SSSR count). The molecule has 3 aromatic rings. The van der Waals surface area contributed by atoms with Crippen LogP contribution in [0.1, 0.15) is 36.8 Å². The zero-order chi connectivity index (χ0) is 18.5. The first-order chi connectivity index (χ1) is 13.3. The fourth-order valence-corrected chi connectivity index (χ4v) is 3.62. The monoisotopic (exact) mass is 367 g/mol. The molecule has 0 bridgehead atoms. The lowest BCUT2D eigenvalue weighted by Gasteiger charge is -2.33. The first-order valence-corrected chi connectivity index (χ1v) is 9.44. The van der Waals surface area contributed by atoms with E-state index in [0.717, 1.165) is 68.6 Å². The molecule has 1 aliphatic heterocycles. The van der Waals surface area contributed by atoms with Gasteiger partial charge in [0.15, 0.2) is 11.6 Å². The first kappa shape index (κ1) is 17.4. The van der Waals surface area contributed by atoms with Gasteiger partial charge in [-0.15, -0.1) is 10.2 Å². The number of piperidine rings is 1. The van der Waals surface area contributed by atoms with Gasteiger partial charge in [0.25, 0.3) is 0 Å². The minimum atomic E-state index is 0.461. The van der Waals surface area contributed by atoms with E-state index in [1.165, 1.54) is 0 Å². The molecule has 1 fully saturated rings. The predicted molar refractivity (Wildman–Crippen MR) is 103 cm³/mol. The molecule has 2 N–H and O–H groups in total. The Morgan fingerprint density at radius 3 is 2.96 bits per heavy atom. The molecule has 9 nitrogen and oxygen atoms in total. The third-order valence-electron chi connectivity index (χ3n) is 5.07. The summed E-state index contributed by atoms with van der Waals surface area (Å²) < 4.78 is 2.04. The minimum absolute atomic E-state index is 0.461. The van der Waals surface area contributed by atoms with E-state index < -0.39 is 0 Å². The van der Waals surface area contributed by atoms with E-state index in [-0.39, 0.29) is 0 Å². The maximum atomic E-state index is 4.45. The number of aryl methyl sites for hydroxylation is 1. The number of hydrogen-bond donors (Lipinski definition) is 2. The van der Waals surface area contributed by atoms with Crippen molar-refractivity contribution in [1.82, 2.24) is 40.0 Å². The smallest absolute Gasteiger partial charge is 0.193 e. The fraction of sp³-hybridized carbons (Fsp3) is 0.500. The van der Waals surface area contributed by atoms with Crippen LogP contribution in [0.15, 0.2) is 35.7 Å². The predicted octanol–water partition coefficient (Wildman–Crippen LogP) is 1.23. The van der Waals surface area contributed by atoms with Crippen molar-refractivity contribution >= 4 is 11.6 Å². The van der Waals surface area contributed by atoms with Crippen molar-refractivity contribution in [3.8, 4) is 0 Å². The van der Waals surface area contributed by atoms with Crippen LogP contribution in [0.4, 0.5) is 0 Å². The maximum Gasteiger partial charge on any atom is 0.193 e. The molecular formula is C18H25N9. The molecule has 27 heavy (non-hydrogen) atoms. The molecule has 0 aromatic carbocycles. The van der Waals surface area contributed by atoms with E-state index in [0.29, 0.717) is 5.92 Å². The molecule has 1 aliphatic rings. The number of nitrogens with one attached hydrogen (secondary N) is 2. The van der Waals surface area contributed by atoms with Crippen molar-refractivity contribution in [2.24, 2.45) is 4.99 Å². The quantitative estimate of drug-likeness (QED) is 0.400. The Morgan fingerprint density at radius 1 is 1.30 bits per heavy atom. The van der Waals surface area contributed by atoms with Crippen molar-refractivity contribution in [2.45, 2.75) is 31.6 Å². The highest BCUT2D eigenvalue weighted by Crippen LogP contribution is 2.24. The molecule has 3 aromatic heterocycles. The molecule has 142 valence electrons. The number of nitrogens with zero attached hydrogens (tertiary/aromatic N) is 7.